The zero-order chi connectivity index (χ0) is 14.7. The summed E-state index contributed by atoms with van der Waals surface area (Å²) in [6.07, 6.45) is 4.34. The van der Waals surface area contributed by atoms with Gasteiger partial charge in [0.05, 0.1) is 0 Å². The van der Waals surface area contributed by atoms with Crippen molar-refractivity contribution in [2.24, 2.45) is 17.6 Å². The summed E-state index contributed by atoms with van der Waals surface area (Å²) in [5, 5.41) is 0. The first-order chi connectivity index (χ1) is 9.47. The Bertz CT molecular complexity index is 485. The van der Waals surface area contributed by atoms with Crippen molar-refractivity contribution in [1.82, 2.24) is 0 Å². The molecule has 0 bridgehead atoms. The molecule has 0 radical (unpaired) electrons. The highest BCUT2D eigenvalue weighted by Crippen LogP contribution is 2.30. The second-order valence-corrected chi connectivity index (χ2v) is 5.67. The Hall–Kier alpha value is -1.65. The molecule has 5 heteroatoms. The van der Waals surface area contributed by atoms with Crippen LogP contribution in [0.15, 0.2) is 18.2 Å². The molecular formula is C15H20F2N2O. The van der Waals surface area contributed by atoms with Crippen LogP contribution in [-0.4, -0.2) is 12.6 Å². The largest absolute Gasteiger partial charge is 0.351 e. The lowest BCUT2D eigenvalue weighted by molar-refractivity contribution is 0.248. The molecule has 20 heavy (non-hydrogen) atoms. The van der Waals surface area contributed by atoms with Crippen LogP contribution < -0.4 is 10.6 Å². The topological polar surface area (TPSA) is 46.3 Å². The summed E-state index contributed by atoms with van der Waals surface area (Å²) in [6, 6.07) is 2.79. The Balaban J connectivity index is 2.10. The average Bonchev–Trinajstić information content (AvgIpc) is 2.41. The van der Waals surface area contributed by atoms with Gasteiger partial charge < -0.3 is 5.73 Å². The third-order valence-corrected chi connectivity index (χ3v) is 4.06. The fourth-order valence-electron chi connectivity index (χ4n) is 2.75. The molecule has 1 aromatic carbocycles. The van der Waals surface area contributed by atoms with Crippen molar-refractivity contribution in [3.05, 3.63) is 29.8 Å². The smallest absolute Gasteiger partial charge is 0.319 e. The summed E-state index contributed by atoms with van der Waals surface area (Å²) in [5.74, 6) is -0.806. The molecule has 1 fully saturated rings. The lowest BCUT2D eigenvalue weighted by atomic mass is 9.83. The van der Waals surface area contributed by atoms with Crippen LogP contribution in [0.25, 0.3) is 0 Å². The highest BCUT2D eigenvalue weighted by Gasteiger charge is 2.23. The minimum atomic E-state index is -0.967. The maximum Gasteiger partial charge on any atom is 0.319 e. The molecule has 110 valence electrons. The predicted molar refractivity (Wildman–Crippen MR) is 74.4 cm³/mol. The van der Waals surface area contributed by atoms with Crippen LogP contribution in [0.3, 0.4) is 0 Å². The second kappa shape index (κ2) is 6.20. The fraction of sp³-hybridized carbons (Fsp3) is 0.533. The highest BCUT2D eigenvalue weighted by atomic mass is 19.2. The number of carbonyl (C=O) groups is 1. The van der Waals surface area contributed by atoms with Crippen molar-refractivity contribution < 1.29 is 13.6 Å². The summed E-state index contributed by atoms with van der Waals surface area (Å²) < 4.78 is 26.2. The maximum absolute atomic E-state index is 13.3. The van der Waals surface area contributed by atoms with Gasteiger partial charge in [0.25, 0.3) is 0 Å². The lowest BCUT2D eigenvalue weighted by Crippen LogP contribution is -2.40. The number of rotatable bonds is 3. The number of hydrogen-bond donors (Lipinski definition) is 1. The van der Waals surface area contributed by atoms with E-state index in [1.807, 2.05) is 0 Å². The van der Waals surface area contributed by atoms with E-state index in [0.717, 1.165) is 43.7 Å². The van der Waals surface area contributed by atoms with Crippen LogP contribution in [-0.2, 0) is 0 Å². The van der Waals surface area contributed by atoms with Crippen LogP contribution in [0.2, 0.25) is 0 Å². The van der Waals surface area contributed by atoms with Gasteiger partial charge in [0.15, 0.2) is 11.6 Å². The summed E-state index contributed by atoms with van der Waals surface area (Å²) in [4.78, 5) is 12.9. The van der Waals surface area contributed by atoms with Gasteiger partial charge in [-0.3, -0.25) is 4.90 Å². The van der Waals surface area contributed by atoms with Gasteiger partial charge >= 0.3 is 6.03 Å². The number of carbonyl (C=O) groups excluding carboxylic acids is 1. The molecule has 0 aromatic heterocycles. The number of urea groups is 1. The summed E-state index contributed by atoms with van der Waals surface area (Å²) in [6.45, 7) is 2.69. The molecule has 2 rings (SSSR count). The first-order valence-electron chi connectivity index (χ1n) is 6.99. The molecule has 0 heterocycles. The Morgan fingerprint density at radius 2 is 1.90 bits per heavy atom. The van der Waals surface area contributed by atoms with E-state index in [4.69, 9.17) is 5.73 Å². The molecule has 1 aromatic rings. The van der Waals surface area contributed by atoms with Crippen molar-refractivity contribution in [3.8, 4) is 0 Å². The number of benzene rings is 1. The lowest BCUT2D eigenvalue weighted by Gasteiger charge is -2.31. The Kier molecular flexibility index (Phi) is 4.57. The van der Waals surface area contributed by atoms with E-state index in [0.29, 0.717) is 18.2 Å². The van der Waals surface area contributed by atoms with E-state index in [9.17, 15) is 13.6 Å². The Morgan fingerprint density at radius 3 is 2.45 bits per heavy atom. The normalized spacial score (nSPS) is 22.6. The van der Waals surface area contributed by atoms with Gasteiger partial charge in [-0.1, -0.05) is 19.8 Å². The summed E-state index contributed by atoms with van der Waals surface area (Å²) in [7, 11) is 0. The van der Waals surface area contributed by atoms with E-state index in [1.165, 1.54) is 11.0 Å². The van der Waals surface area contributed by atoms with Gasteiger partial charge in [-0.25, -0.2) is 13.6 Å². The number of anilines is 1. The van der Waals surface area contributed by atoms with Gasteiger partial charge in [-0.2, -0.15) is 0 Å². The van der Waals surface area contributed by atoms with Gasteiger partial charge in [-0.05, 0) is 36.8 Å². The van der Waals surface area contributed by atoms with E-state index in [-0.39, 0.29) is 0 Å². The average molecular weight is 282 g/mol. The summed E-state index contributed by atoms with van der Waals surface area (Å²) in [5.41, 5.74) is 5.69. The van der Waals surface area contributed by atoms with Crippen LogP contribution >= 0.6 is 0 Å². The molecule has 0 spiro atoms. The molecule has 1 aliphatic rings. The van der Waals surface area contributed by atoms with Gasteiger partial charge in [0.1, 0.15) is 0 Å². The first-order valence-corrected chi connectivity index (χ1v) is 6.99. The number of halogens is 2. The maximum atomic E-state index is 13.3. The third-order valence-electron chi connectivity index (χ3n) is 4.06. The highest BCUT2D eigenvalue weighted by molar-refractivity contribution is 5.90. The van der Waals surface area contributed by atoms with Crippen molar-refractivity contribution in [1.29, 1.82) is 0 Å². The quantitative estimate of drug-likeness (QED) is 0.903. The van der Waals surface area contributed by atoms with Crippen molar-refractivity contribution in [3.63, 3.8) is 0 Å². The van der Waals surface area contributed by atoms with Crippen LogP contribution in [0.5, 0.6) is 0 Å². The monoisotopic (exact) mass is 282 g/mol. The number of nitrogens with two attached hydrogens (primary N) is 1. The van der Waals surface area contributed by atoms with Crippen molar-refractivity contribution in [2.45, 2.75) is 32.6 Å². The molecule has 2 N–H and O–H groups in total. The van der Waals surface area contributed by atoms with E-state index < -0.39 is 17.7 Å². The SMILES string of the molecule is CC1CCC(CN(C(N)=O)c2ccc(F)c(F)c2)CC1. The molecule has 0 aliphatic heterocycles. The van der Waals surface area contributed by atoms with E-state index in [1.54, 1.807) is 0 Å². The number of hydrogen-bond acceptors (Lipinski definition) is 1. The first kappa shape index (κ1) is 14.8. The van der Waals surface area contributed by atoms with Crippen LogP contribution in [0.4, 0.5) is 19.3 Å². The molecular weight excluding hydrogens is 262 g/mol. The molecule has 1 aliphatic carbocycles. The molecule has 3 nitrogen and oxygen atoms in total. The fourth-order valence-corrected chi connectivity index (χ4v) is 2.75. The van der Waals surface area contributed by atoms with Gasteiger partial charge in [0.2, 0.25) is 0 Å². The molecule has 2 amide bonds. The molecule has 0 atom stereocenters. The Labute approximate surface area is 117 Å². The van der Waals surface area contributed by atoms with E-state index in [2.05, 4.69) is 6.92 Å². The molecule has 1 saturated carbocycles. The standard InChI is InChI=1S/C15H20F2N2O/c1-10-2-4-11(5-3-10)9-19(15(18)20)12-6-7-13(16)14(17)8-12/h6-8,10-11H,2-5,9H2,1H3,(H2,18,20). The van der Waals surface area contributed by atoms with E-state index >= 15 is 0 Å². The number of amides is 2. The second-order valence-electron chi connectivity index (χ2n) is 5.67. The summed E-state index contributed by atoms with van der Waals surface area (Å²) >= 11 is 0. The van der Waals surface area contributed by atoms with Crippen LogP contribution in [0.1, 0.15) is 32.6 Å². The van der Waals surface area contributed by atoms with Crippen molar-refractivity contribution in [2.75, 3.05) is 11.4 Å². The Morgan fingerprint density at radius 1 is 1.25 bits per heavy atom. The minimum Gasteiger partial charge on any atom is -0.351 e. The number of nitrogens with zero attached hydrogens (tertiary/aromatic N) is 1. The minimum absolute atomic E-state index is 0.315. The zero-order valence-corrected chi connectivity index (χ0v) is 11.6. The predicted octanol–water partition coefficient (Wildman–Crippen LogP) is 3.68. The molecule has 0 unspecified atom stereocenters. The number of primary amides is 1. The van der Waals surface area contributed by atoms with Crippen LogP contribution in [0, 0.1) is 23.5 Å². The zero-order valence-electron chi connectivity index (χ0n) is 11.6. The van der Waals surface area contributed by atoms with Crippen molar-refractivity contribution >= 4 is 11.7 Å². The molecule has 0 saturated heterocycles. The third kappa shape index (κ3) is 3.46. The van der Waals surface area contributed by atoms with Gasteiger partial charge in [0, 0.05) is 18.3 Å². The van der Waals surface area contributed by atoms with Gasteiger partial charge in [-0.15, -0.1) is 0 Å².